The van der Waals surface area contributed by atoms with Crippen LogP contribution in [0, 0.1) is 5.92 Å². The number of carbonyl (C=O) groups is 1. The maximum Gasteiger partial charge on any atom is 0.410 e. The van der Waals surface area contributed by atoms with Gasteiger partial charge in [-0.3, -0.25) is 0 Å². The summed E-state index contributed by atoms with van der Waals surface area (Å²) in [5.41, 5.74) is -0.464. The van der Waals surface area contributed by atoms with Gasteiger partial charge in [-0.2, -0.15) is 0 Å². The number of rotatable bonds is 4. The second-order valence-electron chi connectivity index (χ2n) is 6.88. The number of ether oxygens (including phenoxy) is 1. The summed E-state index contributed by atoms with van der Waals surface area (Å²) in [6, 6.07) is 1.72. The Kier molecular flexibility index (Phi) is 6.57. The average molecular weight is 373 g/mol. The van der Waals surface area contributed by atoms with Gasteiger partial charge >= 0.3 is 6.09 Å². The van der Waals surface area contributed by atoms with Gasteiger partial charge in [0.05, 0.1) is 0 Å². The van der Waals surface area contributed by atoms with E-state index in [1.165, 1.54) is 11.8 Å². The average Bonchev–Trinajstić information content (AvgIpc) is 2.51. The van der Waals surface area contributed by atoms with Crippen LogP contribution in [0.25, 0.3) is 0 Å². The Labute approximate surface area is 152 Å². The molecule has 1 aromatic heterocycles. The lowest BCUT2D eigenvalue weighted by Gasteiger charge is -2.34. The van der Waals surface area contributed by atoms with Crippen molar-refractivity contribution in [3.8, 4) is 0 Å². The van der Waals surface area contributed by atoms with Crippen LogP contribution in [0.1, 0.15) is 33.6 Å². The molecule has 24 heavy (non-hydrogen) atoms. The monoisotopic (exact) mass is 372 g/mol. The van der Waals surface area contributed by atoms with Crippen molar-refractivity contribution in [3.05, 3.63) is 11.2 Å². The number of aromatic nitrogens is 2. The Hall–Kier alpha value is -1.21. The molecule has 1 aliphatic rings. The lowest BCUT2D eigenvalue weighted by molar-refractivity contribution is 0.0172. The minimum atomic E-state index is -0.464. The summed E-state index contributed by atoms with van der Waals surface area (Å²) in [5.74, 6) is 1.08. The molecule has 0 spiro atoms. The molecule has 2 rings (SSSR count). The first-order valence-corrected chi connectivity index (χ1v) is 9.67. The summed E-state index contributed by atoms with van der Waals surface area (Å²) < 4.78 is 5.46. The number of anilines is 1. The topological polar surface area (TPSA) is 67.4 Å². The third-order valence-electron chi connectivity index (χ3n) is 3.60. The Morgan fingerprint density at radius 3 is 2.92 bits per heavy atom. The highest BCUT2D eigenvalue weighted by Gasteiger charge is 2.27. The van der Waals surface area contributed by atoms with Crippen LogP contribution in [-0.4, -0.2) is 52.5 Å². The molecule has 0 unspecified atom stereocenters. The van der Waals surface area contributed by atoms with E-state index in [2.05, 4.69) is 15.3 Å². The van der Waals surface area contributed by atoms with E-state index in [0.717, 1.165) is 25.9 Å². The summed E-state index contributed by atoms with van der Waals surface area (Å²) in [6.07, 6.45) is 3.73. The number of hydrogen-bond acceptors (Lipinski definition) is 6. The van der Waals surface area contributed by atoms with Crippen molar-refractivity contribution in [1.29, 1.82) is 0 Å². The summed E-state index contributed by atoms with van der Waals surface area (Å²) in [6.45, 7) is 7.83. The molecular formula is C16H25ClN4O2S. The fourth-order valence-electron chi connectivity index (χ4n) is 2.55. The van der Waals surface area contributed by atoms with Crippen LogP contribution in [-0.2, 0) is 4.74 Å². The van der Waals surface area contributed by atoms with Crippen LogP contribution < -0.4 is 5.32 Å². The van der Waals surface area contributed by atoms with Crippen molar-refractivity contribution in [2.45, 2.75) is 44.4 Å². The van der Waals surface area contributed by atoms with Gasteiger partial charge in [-0.1, -0.05) is 23.4 Å². The molecule has 2 heterocycles. The number of nitrogens with zero attached hydrogens (tertiary/aromatic N) is 3. The molecule has 1 N–H and O–H groups in total. The zero-order valence-electron chi connectivity index (χ0n) is 14.6. The van der Waals surface area contributed by atoms with Gasteiger partial charge in [-0.05, 0) is 45.8 Å². The zero-order chi connectivity index (χ0) is 17.7. The standard InChI is InChI=1S/C16H25ClN4O2S/c1-16(2,3)23-15(22)21-7-5-6-11(10-21)9-18-13-8-12(17)19-14(20-13)24-4/h8,11H,5-7,9-10H2,1-4H3,(H,18,19,20)/t11-/m1/s1. The number of likely N-dealkylation sites (tertiary alicyclic amines) is 1. The van der Waals surface area contributed by atoms with E-state index >= 15 is 0 Å². The highest BCUT2D eigenvalue weighted by molar-refractivity contribution is 7.98. The zero-order valence-corrected chi connectivity index (χ0v) is 16.2. The fourth-order valence-corrected chi connectivity index (χ4v) is 3.16. The highest BCUT2D eigenvalue weighted by Crippen LogP contribution is 2.21. The first-order chi connectivity index (χ1) is 11.3. The molecule has 8 heteroatoms. The number of piperidine rings is 1. The van der Waals surface area contributed by atoms with Gasteiger partial charge in [0.2, 0.25) is 0 Å². The minimum absolute atomic E-state index is 0.234. The predicted molar refractivity (Wildman–Crippen MR) is 97.8 cm³/mol. The summed E-state index contributed by atoms with van der Waals surface area (Å²) in [4.78, 5) is 22.5. The molecule has 1 amide bonds. The van der Waals surface area contributed by atoms with Crippen LogP contribution in [0.5, 0.6) is 0 Å². The summed E-state index contributed by atoms with van der Waals surface area (Å²) in [5, 5.41) is 4.38. The first-order valence-electron chi connectivity index (χ1n) is 8.07. The second kappa shape index (κ2) is 8.25. The van der Waals surface area contributed by atoms with Gasteiger partial charge < -0.3 is 15.0 Å². The van der Waals surface area contributed by atoms with Crippen molar-refractivity contribution in [2.75, 3.05) is 31.2 Å². The molecule has 1 atom stereocenters. The molecule has 1 fully saturated rings. The molecule has 6 nitrogen and oxygen atoms in total. The van der Waals surface area contributed by atoms with Crippen LogP contribution in [0.2, 0.25) is 5.15 Å². The Morgan fingerprint density at radius 2 is 2.25 bits per heavy atom. The maximum absolute atomic E-state index is 12.2. The third-order valence-corrected chi connectivity index (χ3v) is 4.34. The number of thioether (sulfide) groups is 1. The molecule has 0 aliphatic carbocycles. The van der Waals surface area contributed by atoms with E-state index in [1.54, 1.807) is 11.0 Å². The Balaban J connectivity index is 1.89. The lowest BCUT2D eigenvalue weighted by Crippen LogP contribution is -2.44. The second-order valence-corrected chi connectivity index (χ2v) is 8.04. The maximum atomic E-state index is 12.2. The van der Waals surface area contributed by atoms with Crippen molar-refractivity contribution in [1.82, 2.24) is 14.9 Å². The highest BCUT2D eigenvalue weighted by atomic mass is 35.5. The number of amides is 1. The predicted octanol–water partition coefficient (Wildman–Crippen LogP) is 3.91. The van der Waals surface area contributed by atoms with Crippen LogP contribution in [0.4, 0.5) is 10.6 Å². The van der Waals surface area contributed by atoms with E-state index in [-0.39, 0.29) is 6.09 Å². The fraction of sp³-hybridized carbons (Fsp3) is 0.688. The Morgan fingerprint density at radius 1 is 1.50 bits per heavy atom. The number of carbonyl (C=O) groups excluding carboxylic acids is 1. The largest absolute Gasteiger partial charge is 0.444 e. The molecule has 134 valence electrons. The normalized spacial score (nSPS) is 18.4. The van der Waals surface area contributed by atoms with Gasteiger partial charge in [0, 0.05) is 25.7 Å². The third kappa shape index (κ3) is 6.02. The van der Waals surface area contributed by atoms with Crippen molar-refractivity contribution in [2.24, 2.45) is 5.92 Å². The minimum Gasteiger partial charge on any atom is -0.444 e. The van der Waals surface area contributed by atoms with E-state index in [1.807, 2.05) is 27.0 Å². The van der Waals surface area contributed by atoms with Crippen molar-refractivity contribution >= 4 is 35.3 Å². The number of halogens is 1. The van der Waals surface area contributed by atoms with Gasteiger partial charge in [-0.15, -0.1) is 0 Å². The quantitative estimate of drug-likeness (QED) is 0.491. The lowest BCUT2D eigenvalue weighted by atomic mass is 9.98. The molecule has 0 radical (unpaired) electrons. The Bertz CT molecular complexity index is 580. The van der Waals surface area contributed by atoms with E-state index in [4.69, 9.17) is 16.3 Å². The van der Waals surface area contributed by atoms with Crippen LogP contribution >= 0.6 is 23.4 Å². The molecule has 0 aromatic carbocycles. The van der Waals surface area contributed by atoms with Crippen LogP contribution in [0.3, 0.4) is 0 Å². The van der Waals surface area contributed by atoms with Gasteiger partial charge in [0.15, 0.2) is 5.16 Å². The molecule has 1 aromatic rings. The van der Waals surface area contributed by atoms with Gasteiger partial charge in [-0.25, -0.2) is 14.8 Å². The van der Waals surface area contributed by atoms with Crippen molar-refractivity contribution in [3.63, 3.8) is 0 Å². The first kappa shape index (κ1) is 19.1. The number of nitrogens with one attached hydrogen (secondary N) is 1. The smallest absolute Gasteiger partial charge is 0.410 e. The van der Waals surface area contributed by atoms with Gasteiger partial charge in [0.1, 0.15) is 16.6 Å². The summed E-state index contributed by atoms with van der Waals surface area (Å²) in [7, 11) is 0. The summed E-state index contributed by atoms with van der Waals surface area (Å²) >= 11 is 7.45. The SMILES string of the molecule is CSc1nc(Cl)cc(NC[C@H]2CCCN(C(=O)OC(C)(C)C)C2)n1. The number of hydrogen-bond donors (Lipinski definition) is 1. The molecule has 0 bridgehead atoms. The molecular weight excluding hydrogens is 348 g/mol. The van der Waals surface area contributed by atoms with Crippen LogP contribution in [0.15, 0.2) is 11.2 Å². The van der Waals surface area contributed by atoms with Gasteiger partial charge in [0.25, 0.3) is 0 Å². The molecule has 1 aliphatic heterocycles. The van der Waals surface area contributed by atoms with E-state index < -0.39 is 5.60 Å². The molecule has 0 saturated carbocycles. The van der Waals surface area contributed by atoms with E-state index in [0.29, 0.717) is 28.6 Å². The van der Waals surface area contributed by atoms with E-state index in [9.17, 15) is 4.79 Å². The van der Waals surface area contributed by atoms with Crippen molar-refractivity contribution < 1.29 is 9.53 Å². The molecule has 1 saturated heterocycles.